The Morgan fingerprint density at radius 1 is 0.648 bits per heavy atom. The van der Waals surface area contributed by atoms with Crippen LogP contribution in [-0.2, 0) is 23.1 Å². The van der Waals surface area contributed by atoms with Crippen molar-refractivity contribution in [3.8, 4) is 33.9 Å². The third-order valence-corrected chi connectivity index (χ3v) is 11.9. The minimum Gasteiger partial charge on any atom is -0.393 e. The average Bonchev–Trinajstić information content (AvgIpc) is 3.94. The van der Waals surface area contributed by atoms with Gasteiger partial charge in [0.2, 0.25) is 11.2 Å². The number of nitrogens with two attached hydrogens (primary N) is 1. The molecule has 2 aliphatic carbocycles. The predicted octanol–water partition coefficient (Wildman–Crippen LogP) is 11.1. The van der Waals surface area contributed by atoms with E-state index < -0.39 is 23.1 Å². The van der Waals surface area contributed by atoms with Crippen molar-refractivity contribution < 1.29 is 27.0 Å². The number of halogens is 4. The second-order valence-electron chi connectivity index (χ2n) is 15.9. The Balaban J connectivity index is 0.000000235. The highest BCUT2D eigenvalue weighted by molar-refractivity contribution is 7.52. The quantitative estimate of drug-likeness (QED) is 0.0902. The van der Waals surface area contributed by atoms with Gasteiger partial charge in [-0.3, -0.25) is 4.74 Å². The van der Waals surface area contributed by atoms with Crippen LogP contribution in [0, 0.1) is 0 Å². The van der Waals surface area contributed by atoms with E-state index in [4.69, 9.17) is 67.5 Å². The van der Waals surface area contributed by atoms with Crippen molar-refractivity contribution in [1.82, 2.24) is 29.1 Å². The summed E-state index contributed by atoms with van der Waals surface area (Å²) in [6.45, 7) is 0. The fourth-order valence-corrected chi connectivity index (χ4v) is 8.70. The lowest BCUT2D eigenvalue weighted by Gasteiger charge is -2.26. The van der Waals surface area contributed by atoms with Gasteiger partial charge in [-0.2, -0.15) is 16.8 Å². The van der Waals surface area contributed by atoms with E-state index in [0.717, 1.165) is 89.3 Å². The molecule has 0 radical (unpaired) electrons. The van der Waals surface area contributed by atoms with Crippen LogP contribution in [0.1, 0.15) is 51.4 Å². The van der Waals surface area contributed by atoms with Crippen LogP contribution in [0.15, 0.2) is 139 Å². The third-order valence-electron chi connectivity index (χ3n) is 11.1. The number of benzene rings is 4. The van der Waals surface area contributed by atoms with Gasteiger partial charge in [0.1, 0.15) is 0 Å². The molecule has 374 valence electrons. The molecule has 4 aromatic carbocycles. The maximum absolute atomic E-state index is 9.96. The highest BCUT2D eigenvalue weighted by Crippen LogP contribution is 2.37. The van der Waals surface area contributed by atoms with Crippen molar-refractivity contribution in [2.75, 3.05) is 12.4 Å². The Labute approximate surface area is 442 Å². The Hall–Kier alpha value is -5.30. The number of rotatable bonds is 6. The highest BCUT2D eigenvalue weighted by atomic mass is 35.5. The molecule has 4 aromatic heterocycles. The summed E-state index contributed by atoms with van der Waals surface area (Å²) in [6, 6.07) is 37.2. The van der Waals surface area contributed by atoms with Gasteiger partial charge in [0, 0.05) is 64.8 Å². The minimum atomic E-state index is -0.750. The summed E-state index contributed by atoms with van der Waals surface area (Å²) in [7, 11) is 4.47. The second kappa shape index (κ2) is 30.6. The summed E-state index contributed by atoms with van der Waals surface area (Å²) >= 11 is 17.3. The van der Waals surface area contributed by atoms with Crippen molar-refractivity contribution in [1.29, 1.82) is 0 Å². The standard InChI is InChI=1S/C24H23ClN4O.C18H11Cl2N3.C6H13NO.CH4NP.ClH.2O2S/c25-21-14-26-24(27-16-7-6-10-18(30)13-16)28-23(21)20-15-29(17-8-2-1-3-9-17)22-12-5-4-11-19(20)22;19-15-10-21-18(20)22-17(15)14-11-23(12-6-2-1-3-7-12)16-9-5-4-8-13(14)16;7-5-2-1-3-6(8)4-5;1-2-3;;2*1-3-2/h1-5,8-9,11-12,14-16,18,30H,6-7,10,13H2,(H,26,27,28);1-11H;5-6,8H,1-4,7H2;3H,1H3;1H;;/t16-,18-;;5-,6-;;;;/m1.1..../s1. The van der Waals surface area contributed by atoms with Gasteiger partial charge >= 0.3 is 23.1 Å². The zero-order valence-corrected chi connectivity index (χ0v) is 44.0. The van der Waals surface area contributed by atoms with E-state index in [1.807, 2.05) is 66.9 Å². The zero-order valence-electron chi connectivity index (χ0n) is 38.3. The zero-order chi connectivity index (χ0) is 50.4. The first-order valence-corrected chi connectivity index (χ1v) is 24.9. The molecular weight excluding hydrogens is 1050 g/mol. The third kappa shape index (κ3) is 16.9. The van der Waals surface area contributed by atoms with E-state index in [9.17, 15) is 5.11 Å². The van der Waals surface area contributed by atoms with Crippen LogP contribution in [0.3, 0.4) is 0 Å². The number of anilines is 1. The molecule has 0 spiro atoms. The van der Waals surface area contributed by atoms with Gasteiger partial charge in [0.25, 0.3) is 0 Å². The van der Waals surface area contributed by atoms with Crippen molar-refractivity contribution >= 4 is 107 Å². The number of aliphatic hydroxyl groups is 2. The van der Waals surface area contributed by atoms with Crippen LogP contribution in [0.5, 0.6) is 0 Å². The van der Waals surface area contributed by atoms with E-state index in [1.165, 1.54) is 6.20 Å². The molecule has 2 fully saturated rings. The van der Waals surface area contributed by atoms with Crippen molar-refractivity contribution in [3.63, 3.8) is 0 Å². The number of nitrogens with zero attached hydrogens (tertiary/aromatic N) is 7. The molecule has 22 heteroatoms. The molecule has 0 bridgehead atoms. The number of para-hydroxylation sites is 4. The Morgan fingerprint density at radius 3 is 1.52 bits per heavy atom. The van der Waals surface area contributed by atoms with Crippen LogP contribution in [0.25, 0.3) is 55.7 Å². The molecule has 0 unspecified atom stereocenters. The summed E-state index contributed by atoms with van der Waals surface area (Å²) in [5, 5.41) is 25.7. The number of aromatic nitrogens is 6. The van der Waals surface area contributed by atoms with Crippen molar-refractivity contribution in [2.45, 2.75) is 75.7 Å². The molecular formula is C49H52Cl4N9O6PS2. The first-order chi connectivity index (χ1) is 34.0. The summed E-state index contributed by atoms with van der Waals surface area (Å²) in [5.41, 5.74) is 13.1. The predicted molar refractivity (Wildman–Crippen MR) is 290 cm³/mol. The number of nitrogens with one attached hydrogen (secondary N) is 1. The van der Waals surface area contributed by atoms with Gasteiger partial charge < -0.3 is 30.4 Å². The van der Waals surface area contributed by atoms with E-state index >= 15 is 0 Å². The summed E-state index contributed by atoms with van der Waals surface area (Å²) < 4.78 is 40.8. The van der Waals surface area contributed by atoms with Crippen molar-refractivity contribution in [2.24, 2.45) is 10.5 Å². The van der Waals surface area contributed by atoms with E-state index in [-0.39, 0.29) is 42.0 Å². The van der Waals surface area contributed by atoms with Gasteiger partial charge in [0.05, 0.1) is 57.1 Å². The number of aliphatic hydroxyl groups excluding tert-OH is 2. The smallest absolute Gasteiger partial charge is 0.335 e. The number of fused-ring (bicyclic) bond motifs is 2. The maximum atomic E-state index is 9.96. The largest absolute Gasteiger partial charge is 0.393 e. The van der Waals surface area contributed by atoms with Crippen LogP contribution in [-0.4, -0.2) is 87.5 Å². The van der Waals surface area contributed by atoms with Crippen LogP contribution in [0.4, 0.5) is 5.95 Å². The molecule has 2 saturated carbocycles. The molecule has 2 aliphatic rings. The summed E-state index contributed by atoms with van der Waals surface area (Å²) in [6.07, 6.45) is 14.5. The monoisotopic (exact) mass is 1100 g/mol. The molecule has 0 saturated heterocycles. The van der Waals surface area contributed by atoms with Gasteiger partial charge in [-0.05, 0) is 108 Å². The van der Waals surface area contributed by atoms with Crippen LogP contribution < -0.4 is 11.1 Å². The molecule has 4 atom stereocenters. The molecule has 0 amide bonds. The Kier molecular flexibility index (Phi) is 25.1. The Morgan fingerprint density at radius 2 is 1.07 bits per heavy atom. The molecule has 4 heterocycles. The van der Waals surface area contributed by atoms with Crippen molar-refractivity contribution in [3.05, 3.63) is 149 Å². The summed E-state index contributed by atoms with van der Waals surface area (Å²) in [5.74, 6) is 0.546. The fraction of sp³-hybridized carbons (Fsp3) is 0.265. The molecule has 10 rings (SSSR count). The normalized spacial score (nSPS) is 16.7. The van der Waals surface area contributed by atoms with Crippen LogP contribution in [0.2, 0.25) is 15.3 Å². The number of hydrogen-bond donors (Lipinski definition) is 4. The van der Waals surface area contributed by atoms with E-state index in [1.54, 1.807) is 13.2 Å². The molecule has 71 heavy (non-hydrogen) atoms. The first kappa shape index (κ1) is 58.3. The lowest BCUT2D eigenvalue weighted by molar-refractivity contribution is 0.120. The average molecular weight is 1100 g/mol. The van der Waals surface area contributed by atoms with E-state index in [2.05, 4.69) is 97.9 Å². The molecule has 8 aromatic rings. The maximum Gasteiger partial charge on any atom is 0.335 e. The lowest BCUT2D eigenvalue weighted by Crippen LogP contribution is -2.30. The van der Waals surface area contributed by atoms with Crippen LogP contribution >= 0.6 is 56.2 Å². The van der Waals surface area contributed by atoms with Gasteiger partial charge in [-0.15, -0.1) is 12.4 Å². The SMILES string of the molecule is CN=P.Cl.Clc1ncc(Cl)c(-c2cn(-c3ccccc3)c3ccccc23)n1.N[C@@H]1CCC[C@@H](O)C1.O=S=O.O=S=O.O[C@@H]1CCC[C@@H](Nc2ncc(Cl)c(-c3cn(-c4ccccc4)c4ccccc34)n2)C1. The van der Waals surface area contributed by atoms with Gasteiger partial charge in [-0.1, -0.05) is 96.0 Å². The summed E-state index contributed by atoms with van der Waals surface area (Å²) in [4.78, 5) is 17.4. The molecule has 0 aliphatic heterocycles. The fourth-order valence-electron chi connectivity index (χ4n) is 8.18. The first-order valence-electron chi connectivity index (χ1n) is 22.0. The van der Waals surface area contributed by atoms with E-state index in [0.29, 0.717) is 33.8 Å². The second-order valence-corrected chi connectivity index (χ2v) is 17.7. The minimum absolute atomic E-state index is 0. The number of hydrogen-bond acceptors (Lipinski definition) is 13. The lowest BCUT2D eigenvalue weighted by atomic mass is 9.93. The Bertz CT molecular complexity index is 2980. The topological polar surface area (TPSA) is 221 Å². The van der Waals surface area contributed by atoms with Gasteiger partial charge in [0.15, 0.2) is 0 Å². The van der Waals surface area contributed by atoms with Gasteiger partial charge in [-0.25, -0.2) is 19.9 Å². The molecule has 5 N–H and O–H groups in total. The highest BCUT2D eigenvalue weighted by Gasteiger charge is 2.22. The molecule has 15 nitrogen and oxygen atoms in total.